The maximum absolute atomic E-state index is 10.1. The molecule has 2 aromatic rings. The first-order valence-electron chi connectivity index (χ1n) is 12.9. The Hall–Kier alpha value is -2.44. The second-order valence-electron chi connectivity index (χ2n) is 9.55. The normalized spacial score (nSPS) is 21.8. The minimum absolute atomic E-state index is 0.0997. The molecule has 2 aromatic carbocycles. The Morgan fingerprint density at radius 1 is 0.676 bits per heavy atom. The van der Waals surface area contributed by atoms with Crippen molar-refractivity contribution in [2.75, 3.05) is 26.4 Å². The zero-order valence-electron chi connectivity index (χ0n) is 20.3. The summed E-state index contributed by atoms with van der Waals surface area (Å²) in [5.41, 5.74) is 6.57. The van der Waals surface area contributed by atoms with E-state index in [1.165, 1.54) is 0 Å². The maximum Gasteiger partial charge on any atom is 0.128 e. The van der Waals surface area contributed by atoms with E-state index in [4.69, 9.17) is 18.9 Å². The van der Waals surface area contributed by atoms with Crippen molar-refractivity contribution >= 4 is 0 Å². The van der Waals surface area contributed by atoms with Gasteiger partial charge < -0.3 is 29.2 Å². The lowest BCUT2D eigenvalue weighted by Crippen LogP contribution is -2.17. The Balaban J connectivity index is 0.000000142. The van der Waals surface area contributed by atoms with E-state index in [1.807, 2.05) is 12.1 Å². The number of phenolic OH excluding ortho intramolecular Hbond substituents is 2. The van der Waals surface area contributed by atoms with Gasteiger partial charge in [0, 0.05) is 46.2 Å². The van der Waals surface area contributed by atoms with Crippen LogP contribution in [0.25, 0.3) is 0 Å². The van der Waals surface area contributed by atoms with E-state index >= 15 is 0 Å². The molecule has 0 saturated carbocycles. The number of ether oxygens (including phenoxy) is 4. The van der Waals surface area contributed by atoms with Crippen LogP contribution in [0, 0.1) is 0 Å². The van der Waals surface area contributed by atoms with E-state index < -0.39 is 0 Å². The van der Waals surface area contributed by atoms with E-state index in [1.54, 1.807) is 0 Å². The van der Waals surface area contributed by atoms with Crippen LogP contribution < -0.4 is 9.47 Å². The van der Waals surface area contributed by atoms with Crippen LogP contribution in [0.2, 0.25) is 0 Å². The summed E-state index contributed by atoms with van der Waals surface area (Å²) in [6.45, 7) is 7.16. The minimum atomic E-state index is 0.0997. The third-order valence-electron chi connectivity index (χ3n) is 7.29. The Bertz CT molecular complexity index is 955. The molecule has 0 aromatic heterocycles. The van der Waals surface area contributed by atoms with E-state index in [-0.39, 0.29) is 12.2 Å². The lowest BCUT2D eigenvalue weighted by molar-refractivity contribution is 0.0333. The highest BCUT2D eigenvalue weighted by Crippen LogP contribution is 2.46. The van der Waals surface area contributed by atoms with Gasteiger partial charge in [-0.05, 0) is 37.8 Å². The Morgan fingerprint density at radius 2 is 1.12 bits per heavy atom. The van der Waals surface area contributed by atoms with Crippen LogP contribution in [0.15, 0.2) is 12.1 Å². The zero-order valence-corrected chi connectivity index (χ0v) is 20.3. The molecule has 4 heterocycles. The predicted molar refractivity (Wildman–Crippen MR) is 129 cm³/mol. The molecule has 184 valence electrons. The first kappa shape index (κ1) is 23.3. The number of aromatic hydroxyl groups is 2. The van der Waals surface area contributed by atoms with Crippen molar-refractivity contribution < 1.29 is 29.2 Å². The molecule has 6 nitrogen and oxygen atoms in total. The molecule has 0 fully saturated rings. The van der Waals surface area contributed by atoms with Crippen molar-refractivity contribution in [2.24, 2.45) is 0 Å². The Kier molecular flexibility index (Phi) is 6.89. The topological polar surface area (TPSA) is 77.4 Å². The smallest absolute Gasteiger partial charge is 0.128 e. The van der Waals surface area contributed by atoms with Crippen LogP contribution >= 0.6 is 0 Å². The summed E-state index contributed by atoms with van der Waals surface area (Å²) in [6.07, 6.45) is 7.71. The molecule has 0 saturated heterocycles. The molecule has 6 heteroatoms. The lowest BCUT2D eigenvalue weighted by Gasteiger charge is -2.28. The number of hydrogen-bond donors (Lipinski definition) is 2. The molecule has 0 radical (unpaired) electrons. The molecule has 6 rings (SSSR count). The van der Waals surface area contributed by atoms with Crippen LogP contribution in [0.5, 0.6) is 23.0 Å². The van der Waals surface area contributed by atoms with E-state index in [9.17, 15) is 10.2 Å². The highest BCUT2D eigenvalue weighted by molar-refractivity contribution is 5.57. The molecular weight excluding hydrogens is 432 g/mol. The van der Waals surface area contributed by atoms with Gasteiger partial charge in [0.05, 0.1) is 38.6 Å². The van der Waals surface area contributed by atoms with E-state index in [0.717, 1.165) is 109 Å². The van der Waals surface area contributed by atoms with Crippen molar-refractivity contribution in [1.29, 1.82) is 0 Å². The maximum atomic E-state index is 10.1. The number of fused-ring (bicyclic) bond motifs is 6. The second kappa shape index (κ2) is 10.0. The Labute approximate surface area is 201 Å². The molecule has 0 amide bonds. The molecule has 4 aliphatic heterocycles. The number of benzene rings is 2. The molecule has 0 spiro atoms. The first-order chi connectivity index (χ1) is 16.6. The van der Waals surface area contributed by atoms with E-state index in [2.05, 4.69) is 13.8 Å². The molecule has 2 N–H and O–H groups in total. The van der Waals surface area contributed by atoms with Crippen molar-refractivity contribution in [3.63, 3.8) is 0 Å². The number of hydrogen-bond acceptors (Lipinski definition) is 6. The number of rotatable bonds is 4. The summed E-state index contributed by atoms with van der Waals surface area (Å²) in [7, 11) is 0. The first-order valence-corrected chi connectivity index (χ1v) is 12.9. The average Bonchev–Trinajstić information content (AvgIpc) is 3.50. The summed E-state index contributed by atoms with van der Waals surface area (Å²) >= 11 is 0. The molecule has 0 aliphatic carbocycles. The predicted octanol–water partition coefficient (Wildman–Crippen LogP) is 5.48. The van der Waals surface area contributed by atoms with Gasteiger partial charge in [-0.2, -0.15) is 0 Å². The van der Waals surface area contributed by atoms with Crippen LogP contribution in [-0.4, -0.2) is 36.6 Å². The van der Waals surface area contributed by atoms with Crippen LogP contribution in [0.4, 0.5) is 0 Å². The van der Waals surface area contributed by atoms with Gasteiger partial charge >= 0.3 is 0 Å². The monoisotopic (exact) mass is 468 g/mol. The van der Waals surface area contributed by atoms with Gasteiger partial charge in [0.1, 0.15) is 23.0 Å². The molecule has 2 atom stereocenters. The van der Waals surface area contributed by atoms with Crippen molar-refractivity contribution in [2.45, 2.75) is 77.4 Å². The van der Waals surface area contributed by atoms with Crippen molar-refractivity contribution in [3.8, 4) is 23.0 Å². The zero-order chi connectivity index (χ0) is 23.7. The average molecular weight is 469 g/mol. The lowest BCUT2D eigenvalue weighted by atomic mass is 9.91. The molecule has 4 aliphatic rings. The van der Waals surface area contributed by atoms with Gasteiger partial charge in [-0.1, -0.05) is 26.7 Å². The van der Waals surface area contributed by atoms with Gasteiger partial charge in [0.25, 0.3) is 0 Å². The summed E-state index contributed by atoms with van der Waals surface area (Å²) in [4.78, 5) is 0. The summed E-state index contributed by atoms with van der Waals surface area (Å²) in [5.74, 6) is 2.81. The van der Waals surface area contributed by atoms with Gasteiger partial charge in [-0.25, -0.2) is 0 Å². The fraction of sp³-hybridized carbons (Fsp3) is 0.571. The third-order valence-corrected chi connectivity index (χ3v) is 7.29. The van der Waals surface area contributed by atoms with Gasteiger partial charge in [-0.15, -0.1) is 0 Å². The van der Waals surface area contributed by atoms with Gasteiger partial charge in [0.15, 0.2) is 0 Å². The summed E-state index contributed by atoms with van der Waals surface area (Å²) in [5, 5.41) is 20.2. The largest absolute Gasteiger partial charge is 0.508 e. The third kappa shape index (κ3) is 4.22. The Morgan fingerprint density at radius 3 is 1.53 bits per heavy atom. The van der Waals surface area contributed by atoms with Crippen LogP contribution in [0.3, 0.4) is 0 Å². The van der Waals surface area contributed by atoms with Gasteiger partial charge in [-0.3, -0.25) is 0 Å². The molecule has 0 bridgehead atoms. The fourth-order valence-corrected chi connectivity index (χ4v) is 5.73. The standard InChI is InChI=1S/2C14H18O3/c2*1-2-3-12-13-10(5-7-16-12)11(15)8-9-4-6-17-14(9)13/h2*8,12,15H,2-7H2,1H3/t2*12-/m10/s1. The SMILES string of the molecule is CCC[C@@H]1OCCc2c(O)cc3c(c21)OCC3.CCC[C@H]1OCCc2c(O)cc3c(c21)OCC3. The van der Waals surface area contributed by atoms with Crippen LogP contribution in [-0.2, 0) is 35.2 Å². The van der Waals surface area contributed by atoms with Crippen molar-refractivity contribution in [1.82, 2.24) is 0 Å². The quantitative estimate of drug-likeness (QED) is 0.619. The molecule has 0 unspecified atom stereocenters. The van der Waals surface area contributed by atoms with Crippen LogP contribution in [0.1, 0.15) is 85.1 Å². The summed E-state index contributed by atoms with van der Waals surface area (Å²) < 4.78 is 23.1. The van der Waals surface area contributed by atoms with Gasteiger partial charge in [0.2, 0.25) is 0 Å². The van der Waals surface area contributed by atoms with Crippen molar-refractivity contribution in [3.05, 3.63) is 45.5 Å². The number of phenols is 2. The summed E-state index contributed by atoms with van der Waals surface area (Å²) in [6, 6.07) is 3.74. The molecular formula is C28H36O6. The highest BCUT2D eigenvalue weighted by atomic mass is 16.5. The minimum Gasteiger partial charge on any atom is -0.508 e. The highest BCUT2D eigenvalue weighted by Gasteiger charge is 2.32. The van der Waals surface area contributed by atoms with E-state index in [0.29, 0.717) is 24.7 Å². The second-order valence-corrected chi connectivity index (χ2v) is 9.55. The molecule has 34 heavy (non-hydrogen) atoms. The fourth-order valence-electron chi connectivity index (χ4n) is 5.73.